The summed E-state index contributed by atoms with van der Waals surface area (Å²) in [6.45, 7) is 1.79. The summed E-state index contributed by atoms with van der Waals surface area (Å²) in [5, 5.41) is 2.88. The van der Waals surface area contributed by atoms with Gasteiger partial charge in [0.1, 0.15) is 11.3 Å². The van der Waals surface area contributed by atoms with E-state index in [1.807, 2.05) is 0 Å². The number of nitrogens with one attached hydrogen (secondary N) is 2. The predicted octanol–water partition coefficient (Wildman–Crippen LogP) is 3.42. The first kappa shape index (κ1) is 13.7. The summed E-state index contributed by atoms with van der Waals surface area (Å²) in [5.41, 5.74) is 1.74. The molecule has 0 aliphatic heterocycles. The van der Waals surface area contributed by atoms with Gasteiger partial charge in [-0.15, -0.1) is 0 Å². The van der Waals surface area contributed by atoms with Crippen molar-refractivity contribution < 1.29 is 9.18 Å². The summed E-state index contributed by atoms with van der Waals surface area (Å²) in [5.74, 6) is -0.873. The minimum absolute atomic E-state index is 0.228. The summed E-state index contributed by atoms with van der Waals surface area (Å²) in [6.07, 6.45) is 4.40. The van der Waals surface area contributed by atoms with Crippen LogP contribution in [0.1, 0.15) is 16.1 Å². The van der Waals surface area contributed by atoms with Crippen molar-refractivity contribution >= 4 is 38.6 Å². The van der Waals surface area contributed by atoms with Crippen LogP contribution < -0.4 is 5.32 Å². The molecule has 1 amide bonds. The number of carbonyl (C=O) groups excluding carboxylic acids is 1. The van der Waals surface area contributed by atoms with E-state index < -0.39 is 11.7 Å². The third-order valence-electron chi connectivity index (χ3n) is 3.07. The topological polar surface area (TPSA) is 70.7 Å². The number of aromatic nitrogens is 3. The number of rotatable bonds is 2. The first-order valence-corrected chi connectivity index (χ1v) is 6.91. The summed E-state index contributed by atoms with van der Waals surface area (Å²) in [7, 11) is 0. The molecule has 0 saturated heterocycles. The lowest BCUT2D eigenvalue weighted by Crippen LogP contribution is -2.15. The second kappa shape index (κ2) is 5.25. The molecule has 3 aromatic heterocycles. The van der Waals surface area contributed by atoms with Crippen molar-refractivity contribution in [3.8, 4) is 0 Å². The second-order valence-electron chi connectivity index (χ2n) is 4.47. The Morgan fingerprint density at radius 1 is 1.43 bits per heavy atom. The fourth-order valence-corrected chi connectivity index (χ4v) is 2.34. The van der Waals surface area contributed by atoms with E-state index in [0.717, 1.165) is 5.56 Å². The van der Waals surface area contributed by atoms with Crippen molar-refractivity contribution in [1.29, 1.82) is 0 Å². The van der Waals surface area contributed by atoms with Crippen LogP contribution in [0, 0.1) is 12.7 Å². The smallest absolute Gasteiger partial charge is 0.274 e. The number of amides is 1. The highest BCUT2D eigenvalue weighted by Crippen LogP contribution is 2.29. The Hall–Kier alpha value is -2.28. The number of aromatic amines is 1. The van der Waals surface area contributed by atoms with Crippen LogP contribution in [-0.2, 0) is 0 Å². The van der Waals surface area contributed by atoms with Crippen molar-refractivity contribution in [2.75, 3.05) is 5.32 Å². The molecule has 0 aliphatic carbocycles. The molecule has 0 atom stereocenters. The fraction of sp³-hybridized carbons (Fsp3) is 0.0714. The number of hydrogen-bond donors (Lipinski definition) is 2. The summed E-state index contributed by atoms with van der Waals surface area (Å²) in [6, 6.07) is 3.54. The molecule has 2 N–H and O–H groups in total. The van der Waals surface area contributed by atoms with E-state index in [0.29, 0.717) is 17.0 Å². The Bertz CT molecular complexity index is 846. The van der Waals surface area contributed by atoms with Crippen molar-refractivity contribution in [3.63, 3.8) is 0 Å². The van der Waals surface area contributed by atoms with Gasteiger partial charge >= 0.3 is 0 Å². The predicted molar refractivity (Wildman–Crippen MR) is 80.7 cm³/mol. The van der Waals surface area contributed by atoms with E-state index in [1.165, 1.54) is 18.6 Å². The van der Waals surface area contributed by atoms with E-state index in [4.69, 9.17) is 0 Å². The van der Waals surface area contributed by atoms with E-state index in [2.05, 4.69) is 36.2 Å². The number of nitrogens with zero attached hydrogens (tertiary/aromatic N) is 2. The highest BCUT2D eigenvalue weighted by Gasteiger charge is 2.17. The Labute approximate surface area is 127 Å². The lowest BCUT2D eigenvalue weighted by molar-refractivity contribution is 0.102. The van der Waals surface area contributed by atoms with Crippen LogP contribution in [0.3, 0.4) is 0 Å². The molecule has 0 radical (unpaired) electrons. The van der Waals surface area contributed by atoms with Gasteiger partial charge in [0.05, 0.1) is 15.5 Å². The van der Waals surface area contributed by atoms with Crippen LogP contribution in [0.5, 0.6) is 0 Å². The minimum Gasteiger partial charge on any atom is -0.344 e. The zero-order chi connectivity index (χ0) is 15.0. The molecule has 7 heteroatoms. The maximum absolute atomic E-state index is 14.2. The maximum Gasteiger partial charge on any atom is 0.274 e. The van der Waals surface area contributed by atoms with Crippen LogP contribution in [0.25, 0.3) is 11.0 Å². The maximum atomic E-state index is 14.2. The molecule has 5 nitrogen and oxygen atoms in total. The molecular weight excluding hydrogens is 339 g/mol. The number of halogens is 2. The van der Waals surface area contributed by atoms with Gasteiger partial charge in [0.25, 0.3) is 5.91 Å². The van der Waals surface area contributed by atoms with Crippen LogP contribution in [-0.4, -0.2) is 20.9 Å². The normalized spacial score (nSPS) is 10.8. The molecule has 3 aromatic rings. The van der Waals surface area contributed by atoms with Gasteiger partial charge < -0.3 is 10.3 Å². The standard InChI is InChI=1S/C14H10BrFN4O/c1-7-3-2-4-17-12(7)14(21)20-9-6-19-13-10(9)11(16)8(15)5-18-13/h2-6H,1H3,(H,18,19)(H,20,21). The number of anilines is 1. The van der Waals surface area contributed by atoms with E-state index >= 15 is 0 Å². The average Bonchev–Trinajstić information content (AvgIpc) is 2.87. The van der Waals surface area contributed by atoms with Crippen molar-refractivity contribution in [2.24, 2.45) is 0 Å². The van der Waals surface area contributed by atoms with Gasteiger partial charge in [-0.3, -0.25) is 9.78 Å². The van der Waals surface area contributed by atoms with Gasteiger partial charge in [0.2, 0.25) is 0 Å². The van der Waals surface area contributed by atoms with Gasteiger partial charge in [-0.1, -0.05) is 6.07 Å². The number of H-pyrrole nitrogens is 1. The molecule has 0 aromatic carbocycles. The van der Waals surface area contributed by atoms with E-state index in [1.54, 1.807) is 19.1 Å². The van der Waals surface area contributed by atoms with Crippen LogP contribution in [0.2, 0.25) is 0 Å². The Balaban J connectivity index is 2.01. The van der Waals surface area contributed by atoms with Gasteiger partial charge in [0, 0.05) is 18.6 Å². The first-order chi connectivity index (χ1) is 10.1. The van der Waals surface area contributed by atoms with Crippen LogP contribution >= 0.6 is 15.9 Å². The van der Waals surface area contributed by atoms with Crippen LogP contribution in [0.4, 0.5) is 10.1 Å². The largest absolute Gasteiger partial charge is 0.344 e. The quantitative estimate of drug-likeness (QED) is 0.745. The number of carbonyl (C=O) groups is 1. The Morgan fingerprint density at radius 2 is 2.24 bits per heavy atom. The van der Waals surface area contributed by atoms with Gasteiger partial charge in [-0.25, -0.2) is 9.37 Å². The molecule has 0 aliphatic rings. The zero-order valence-electron chi connectivity index (χ0n) is 10.9. The highest BCUT2D eigenvalue weighted by molar-refractivity contribution is 9.10. The van der Waals surface area contributed by atoms with Gasteiger partial charge in [-0.05, 0) is 34.5 Å². The highest BCUT2D eigenvalue weighted by atomic mass is 79.9. The number of aryl methyl sites for hydroxylation is 1. The third-order valence-corrected chi connectivity index (χ3v) is 3.62. The molecule has 3 rings (SSSR count). The van der Waals surface area contributed by atoms with Crippen LogP contribution in [0.15, 0.2) is 35.2 Å². The zero-order valence-corrected chi connectivity index (χ0v) is 12.5. The molecule has 106 valence electrons. The van der Waals surface area contributed by atoms with Gasteiger partial charge in [0.15, 0.2) is 5.82 Å². The molecule has 3 heterocycles. The number of hydrogen-bond acceptors (Lipinski definition) is 3. The molecular formula is C14H10BrFN4O. The van der Waals surface area contributed by atoms with E-state index in [-0.39, 0.29) is 9.86 Å². The molecule has 0 spiro atoms. The first-order valence-electron chi connectivity index (χ1n) is 6.12. The lowest BCUT2D eigenvalue weighted by atomic mass is 10.2. The summed E-state index contributed by atoms with van der Waals surface area (Å²) in [4.78, 5) is 23.1. The van der Waals surface area contributed by atoms with E-state index in [9.17, 15) is 9.18 Å². The molecule has 21 heavy (non-hydrogen) atoms. The van der Waals surface area contributed by atoms with Gasteiger partial charge in [-0.2, -0.15) is 0 Å². The Kier molecular flexibility index (Phi) is 3.42. The fourth-order valence-electron chi connectivity index (χ4n) is 2.04. The lowest BCUT2D eigenvalue weighted by Gasteiger charge is -2.06. The number of pyridine rings is 2. The van der Waals surface area contributed by atoms with Crippen molar-refractivity contribution in [2.45, 2.75) is 6.92 Å². The van der Waals surface area contributed by atoms with Crippen molar-refractivity contribution in [3.05, 3.63) is 52.3 Å². The molecule has 0 saturated carbocycles. The molecule has 0 bridgehead atoms. The second-order valence-corrected chi connectivity index (χ2v) is 5.32. The average molecular weight is 349 g/mol. The molecule has 0 unspecified atom stereocenters. The SMILES string of the molecule is Cc1cccnc1C(=O)Nc1c[nH]c2ncc(Br)c(F)c12. The minimum atomic E-state index is -0.478. The summed E-state index contributed by atoms with van der Waals surface area (Å²) >= 11 is 3.08. The molecule has 0 fully saturated rings. The number of fused-ring (bicyclic) bond motifs is 1. The third kappa shape index (κ3) is 2.40. The summed E-state index contributed by atoms with van der Waals surface area (Å²) < 4.78 is 14.4. The van der Waals surface area contributed by atoms with Crippen molar-refractivity contribution in [1.82, 2.24) is 15.0 Å². The monoisotopic (exact) mass is 348 g/mol. The Morgan fingerprint density at radius 3 is 3.00 bits per heavy atom.